The Bertz CT molecular complexity index is 1090. The predicted molar refractivity (Wildman–Crippen MR) is 107 cm³/mol. The van der Waals surface area contributed by atoms with Crippen molar-refractivity contribution in [3.63, 3.8) is 0 Å². The van der Waals surface area contributed by atoms with E-state index in [1.54, 1.807) is 54.9 Å². The average molecular weight is 393 g/mol. The molecule has 0 bridgehead atoms. The van der Waals surface area contributed by atoms with Crippen LogP contribution in [-0.4, -0.2) is 26.3 Å². The maximum Gasteiger partial charge on any atom is 0.210 e. The van der Waals surface area contributed by atoms with Gasteiger partial charge in [-0.1, -0.05) is 30.3 Å². The molecule has 142 valence electrons. The van der Waals surface area contributed by atoms with Crippen molar-refractivity contribution >= 4 is 21.7 Å². The summed E-state index contributed by atoms with van der Waals surface area (Å²) in [5.41, 5.74) is 1.58. The zero-order valence-corrected chi connectivity index (χ0v) is 16.1. The standard InChI is InChI=1S/C22H19NO4S/c1-27-21-6-2-3-7-22(21)28(25,26)20-12-9-17(10-13-20)15-19(24)11-8-18-5-4-14-23-16-18/h2-14,16H,15H2,1H3/b11-8+. The van der Waals surface area contributed by atoms with E-state index in [9.17, 15) is 13.2 Å². The number of carbonyl (C=O) groups is 1. The van der Waals surface area contributed by atoms with Gasteiger partial charge >= 0.3 is 0 Å². The lowest BCUT2D eigenvalue weighted by Crippen LogP contribution is -2.05. The normalized spacial score (nSPS) is 11.5. The lowest BCUT2D eigenvalue weighted by molar-refractivity contribution is -0.113. The Hall–Kier alpha value is -3.25. The van der Waals surface area contributed by atoms with Gasteiger partial charge in [-0.25, -0.2) is 8.42 Å². The van der Waals surface area contributed by atoms with E-state index in [1.165, 1.54) is 31.4 Å². The molecule has 0 fully saturated rings. The second kappa shape index (κ2) is 8.63. The van der Waals surface area contributed by atoms with Crippen molar-refractivity contribution in [1.82, 2.24) is 4.98 Å². The molecule has 1 aromatic heterocycles. The number of hydrogen-bond donors (Lipinski definition) is 0. The number of pyridine rings is 1. The molecule has 3 rings (SSSR count). The summed E-state index contributed by atoms with van der Waals surface area (Å²) >= 11 is 0. The van der Waals surface area contributed by atoms with Gasteiger partial charge in [-0.05, 0) is 53.6 Å². The predicted octanol–water partition coefficient (Wildman–Crippen LogP) is 3.75. The van der Waals surface area contributed by atoms with Gasteiger partial charge < -0.3 is 4.74 Å². The average Bonchev–Trinajstić information content (AvgIpc) is 2.73. The number of nitrogens with zero attached hydrogens (tertiary/aromatic N) is 1. The Kier molecular flexibility index (Phi) is 6.01. The van der Waals surface area contributed by atoms with Crippen LogP contribution in [0.2, 0.25) is 0 Å². The minimum Gasteiger partial charge on any atom is -0.495 e. The van der Waals surface area contributed by atoms with Crippen LogP contribution in [0.3, 0.4) is 0 Å². The smallest absolute Gasteiger partial charge is 0.210 e. The van der Waals surface area contributed by atoms with Crippen molar-refractivity contribution in [1.29, 1.82) is 0 Å². The molecule has 0 aliphatic heterocycles. The summed E-state index contributed by atoms with van der Waals surface area (Å²) in [7, 11) is -2.27. The Morgan fingerprint density at radius 1 is 1.04 bits per heavy atom. The summed E-state index contributed by atoms with van der Waals surface area (Å²) in [6.07, 6.45) is 6.72. The maximum atomic E-state index is 12.8. The number of allylic oxidation sites excluding steroid dienone is 1. The van der Waals surface area contributed by atoms with E-state index in [-0.39, 0.29) is 22.0 Å². The number of hydrogen-bond acceptors (Lipinski definition) is 5. The van der Waals surface area contributed by atoms with Crippen molar-refractivity contribution in [3.8, 4) is 5.75 Å². The van der Waals surface area contributed by atoms with Gasteiger partial charge in [0.25, 0.3) is 0 Å². The molecule has 0 aliphatic carbocycles. The first-order valence-electron chi connectivity index (χ1n) is 8.59. The molecular formula is C22H19NO4S. The number of aromatic nitrogens is 1. The third-order valence-corrected chi connectivity index (χ3v) is 5.93. The molecular weight excluding hydrogens is 374 g/mol. The quantitative estimate of drug-likeness (QED) is 0.572. The number of benzene rings is 2. The van der Waals surface area contributed by atoms with Crippen LogP contribution in [0.1, 0.15) is 11.1 Å². The van der Waals surface area contributed by atoms with Gasteiger partial charge in [0.15, 0.2) is 5.78 Å². The highest BCUT2D eigenvalue weighted by molar-refractivity contribution is 7.91. The highest BCUT2D eigenvalue weighted by atomic mass is 32.2. The van der Waals surface area contributed by atoms with Gasteiger partial charge in [0.05, 0.1) is 12.0 Å². The molecule has 0 atom stereocenters. The largest absolute Gasteiger partial charge is 0.495 e. The fraction of sp³-hybridized carbons (Fsp3) is 0.0909. The minimum absolute atomic E-state index is 0.0795. The number of para-hydroxylation sites is 1. The van der Waals surface area contributed by atoms with Crippen LogP contribution in [0.25, 0.3) is 6.08 Å². The SMILES string of the molecule is COc1ccccc1S(=O)(=O)c1ccc(CC(=O)/C=C/c2cccnc2)cc1. The van der Waals surface area contributed by atoms with Crippen LogP contribution >= 0.6 is 0 Å². The van der Waals surface area contributed by atoms with Crippen LogP contribution in [0.4, 0.5) is 0 Å². The summed E-state index contributed by atoms with van der Waals surface area (Å²) in [5.74, 6) is 0.214. The molecule has 0 N–H and O–H groups in total. The van der Waals surface area contributed by atoms with E-state index in [2.05, 4.69) is 4.98 Å². The molecule has 2 aromatic carbocycles. The molecule has 1 heterocycles. The molecule has 28 heavy (non-hydrogen) atoms. The van der Waals surface area contributed by atoms with E-state index in [0.717, 1.165) is 11.1 Å². The lowest BCUT2D eigenvalue weighted by Gasteiger charge is -2.09. The number of rotatable bonds is 7. The van der Waals surface area contributed by atoms with Crippen LogP contribution in [0, 0.1) is 0 Å². The fourth-order valence-electron chi connectivity index (χ4n) is 2.68. The van der Waals surface area contributed by atoms with E-state index < -0.39 is 9.84 Å². The van der Waals surface area contributed by atoms with Gasteiger partial charge in [0.2, 0.25) is 9.84 Å². The van der Waals surface area contributed by atoms with E-state index >= 15 is 0 Å². The zero-order chi connectivity index (χ0) is 20.0. The number of sulfone groups is 1. The van der Waals surface area contributed by atoms with Gasteiger partial charge in [0.1, 0.15) is 10.6 Å². The second-order valence-corrected chi connectivity index (χ2v) is 7.98. The molecule has 3 aromatic rings. The van der Waals surface area contributed by atoms with Crippen LogP contribution in [0.15, 0.2) is 88.9 Å². The first kappa shape index (κ1) is 19.5. The number of ether oxygens (including phenoxy) is 1. The molecule has 6 heteroatoms. The van der Waals surface area contributed by atoms with Crippen molar-refractivity contribution in [3.05, 3.63) is 90.3 Å². The number of carbonyl (C=O) groups excluding carboxylic acids is 1. The Morgan fingerprint density at radius 3 is 2.46 bits per heavy atom. The van der Waals surface area contributed by atoms with Crippen molar-refractivity contribution in [2.75, 3.05) is 7.11 Å². The van der Waals surface area contributed by atoms with Crippen LogP contribution < -0.4 is 4.74 Å². The molecule has 0 saturated carbocycles. The molecule has 0 aliphatic rings. The highest BCUT2D eigenvalue weighted by Crippen LogP contribution is 2.29. The first-order valence-corrected chi connectivity index (χ1v) is 10.1. The first-order chi connectivity index (χ1) is 13.5. The molecule has 5 nitrogen and oxygen atoms in total. The highest BCUT2D eigenvalue weighted by Gasteiger charge is 2.21. The Labute approximate surface area is 164 Å². The lowest BCUT2D eigenvalue weighted by atomic mass is 10.1. The van der Waals surface area contributed by atoms with Crippen LogP contribution in [0.5, 0.6) is 5.75 Å². The molecule has 0 unspecified atom stereocenters. The van der Waals surface area contributed by atoms with Gasteiger partial charge in [-0.15, -0.1) is 0 Å². The summed E-state index contributed by atoms with van der Waals surface area (Å²) < 4.78 is 30.8. The number of methoxy groups -OCH3 is 1. The van der Waals surface area contributed by atoms with E-state index in [1.807, 2.05) is 6.07 Å². The van der Waals surface area contributed by atoms with Crippen LogP contribution in [-0.2, 0) is 21.1 Å². The summed E-state index contributed by atoms with van der Waals surface area (Å²) in [5, 5.41) is 0. The van der Waals surface area contributed by atoms with Crippen molar-refractivity contribution in [2.45, 2.75) is 16.2 Å². The summed E-state index contributed by atoms with van der Waals surface area (Å²) in [6.45, 7) is 0. The molecule has 0 spiro atoms. The molecule has 0 amide bonds. The fourth-order valence-corrected chi connectivity index (χ4v) is 4.10. The summed E-state index contributed by atoms with van der Waals surface area (Å²) in [4.78, 5) is 16.4. The Morgan fingerprint density at radius 2 is 1.79 bits per heavy atom. The van der Waals surface area contributed by atoms with Gasteiger partial charge in [0, 0.05) is 18.8 Å². The second-order valence-electron chi connectivity index (χ2n) is 6.06. The van der Waals surface area contributed by atoms with E-state index in [0.29, 0.717) is 5.75 Å². The Balaban J connectivity index is 1.74. The van der Waals surface area contributed by atoms with Gasteiger partial charge in [-0.2, -0.15) is 0 Å². The third-order valence-electron chi connectivity index (χ3n) is 4.12. The van der Waals surface area contributed by atoms with Crippen molar-refractivity contribution in [2.24, 2.45) is 0 Å². The molecule has 0 saturated heterocycles. The third kappa shape index (κ3) is 4.53. The van der Waals surface area contributed by atoms with Crippen molar-refractivity contribution < 1.29 is 17.9 Å². The minimum atomic E-state index is -3.70. The summed E-state index contributed by atoms with van der Waals surface area (Å²) in [6, 6.07) is 16.5. The van der Waals surface area contributed by atoms with Gasteiger partial charge in [-0.3, -0.25) is 9.78 Å². The monoisotopic (exact) mass is 393 g/mol. The van der Waals surface area contributed by atoms with E-state index in [4.69, 9.17) is 4.74 Å². The topological polar surface area (TPSA) is 73.3 Å². The maximum absolute atomic E-state index is 12.8. The zero-order valence-electron chi connectivity index (χ0n) is 15.3. The molecule has 0 radical (unpaired) electrons. The number of ketones is 1.